The van der Waals surface area contributed by atoms with Gasteiger partial charge in [-0.15, -0.1) is 0 Å². The number of nitrogens with two attached hydrogens (primary N) is 1. The van der Waals surface area contributed by atoms with Gasteiger partial charge in [-0.05, 0) is 62.7 Å². The molecule has 0 aromatic carbocycles. The monoisotopic (exact) mass is 234 g/mol. The van der Waals surface area contributed by atoms with Gasteiger partial charge in [0, 0.05) is 12.1 Å². The van der Waals surface area contributed by atoms with Gasteiger partial charge in [0.05, 0.1) is 6.04 Å². The minimum Gasteiger partial charge on any atom is -0.336 e. The summed E-state index contributed by atoms with van der Waals surface area (Å²) in [6.45, 7) is 0.923. The van der Waals surface area contributed by atoms with E-state index < -0.39 is 0 Å². The molecule has 17 heavy (non-hydrogen) atoms. The van der Waals surface area contributed by atoms with Crippen LogP contribution in [0.1, 0.15) is 44.9 Å². The number of carbonyl (C=O) groups excluding carboxylic acids is 1. The highest BCUT2D eigenvalue weighted by Crippen LogP contribution is 2.58. The second-order valence-corrected chi connectivity index (χ2v) is 7.03. The third-order valence-electron chi connectivity index (χ3n) is 5.83. The van der Waals surface area contributed by atoms with Crippen LogP contribution in [-0.2, 0) is 4.79 Å². The van der Waals surface area contributed by atoms with Crippen molar-refractivity contribution in [3.05, 3.63) is 0 Å². The summed E-state index contributed by atoms with van der Waals surface area (Å²) in [6.07, 6.45) is 9.01. The molecule has 5 aliphatic rings. The van der Waals surface area contributed by atoms with Crippen LogP contribution in [-0.4, -0.2) is 28.9 Å². The fraction of sp³-hybridized carbons (Fsp3) is 0.929. The van der Waals surface area contributed by atoms with Gasteiger partial charge in [-0.1, -0.05) is 0 Å². The molecule has 0 radical (unpaired) electrons. The average molecular weight is 234 g/mol. The molecule has 0 aromatic rings. The van der Waals surface area contributed by atoms with Crippen molar-refractivity contribution in [3.63, 3.8) is 0 Å². The quantitative estimate of drug-likeness (QED) is 0.747. The Morgan fingerprint density at radius 3 is 2.00 bits per heavy atom. The van der Waals surface area contributed by atoms with Crippen LogP contribution in [0.4, 0.5) is 0 Å². The third kappa shape index (κ3) is 1.35. The molecule has 4 saturated carbocycles. The molecule has 1 atom stereocenters. The van der Waals surface area contributed by atoms with Crippen molar-refractivity contribution < 1.29 is 4.79 Å². The summed E-state index contributed by atoms with van der Waals surface area (Å²) in [6, 6.07) is -0.206. The van der Waals surface area contributed by atoms with Gasteiger partial charge < -0.3 is 10.6 Å². The molecule has 1 amide bonds. The maximum absolute atomic E-state index is 12.2. The minimum absolute atomic E-state index is 0.206. The van der Waals surface area contributed by atoms with E-state index in [0.717, 1.165) is 30.7 Å². The first kappa shape index (κ1) is 10.4. The van der Waals surface area contributed by atoms with Crippen LogP contribution in [0.25, 0.3) is 0 Å². The Labute approximate surface area is 103 Å². The Morgan fingerprint density at radius 2 is 1.59 bits per heavy atom. The van der Waals surface area contributed by atoms with Crippen LogP contribution in [0, 0.1) is 17.8 Å². The van der Waals surface area contributed by atoms with Crippen LogP contribution < -0.4 is 5.73 Å². The second-order valence-electron chi connectivity index (χ2n) is 7.03. The predicted octanol–water partition coefficient (Wildman–Crippen LogP) is 1.51. The lowest BCUT2D eigenvalue weighted by molar-refractivity contribution is -0.145. The fourth-order valence-electron chi connectivity index (χ4n) is 5.57. The molecule has 94 valence electrons. The standard InChI is InChI=1S/C14H22N2O/c15-12-1-2-16(13(12)17)14-6-9-3-10(7-14)5-11(4-9)8-14/h9-12H,1-8,15H2. The van der Waals surface area contributed by atoms with E-state index >= 15 is 0 Å². The van der Waals surface area contributed by atoms with E-state index in [-0.39, 0.29) is 17.5 Å². The summed E-state index contributed by atoms with van der Waals surface area (Å²) in [5, 5.41) is 0. The maximum Gasteiger partial charge on any atom is 0.240 e. The first-order valence-electron chi connectivity index (χ1n) is 7.23. The minimum atomic E-state index is -0.206. The summed E-state index contributed by atoms with van der Waals surface area (Å²) < 4.78 is 0. The second kappa shape index (κ2) is 3.25. The van der Waals surface area contributed by atoms with Gasteiger partial charge in [0.15, 0.2) is 0 Å². The zero-order valence-electron chi connectivity index (χ0n) is 10.4. The Hall–Kier alpha value is -0.570. The smallest absolute Gasteiger partial charge is 0.240 e. The molecular weight excluding hydrogens is 212 g/mol. The zero-order chi connectivity index (χ0) is 11.6. The highest BCUT2D eigenvalue weighted by Gasteiger charge is 2.55. The third-order valence-corrected chi connectivity index (χ3v) is 5.83. The Morgan fingerprint density at radius 1 is 1.06 bits per heavy atom. The normalized spacial score (nSPS) is 52.5. The van der Waals surface area contributed by atoms with Gasteiger partial charge in [0.1, 0.15) is 0 Å². The van der Waals surface area contributed by atoms with Crippen molar-refractivity contribution in [3.8, 4) is 0 Å². The molecule has 1 heterocycles. The van der Waals surface area contributed by atoms with Crippen LogP contribution in [0.2, 0.25) is 0 Å². The first-order chi connectivity index (χ1) is 8.16. The molecule has 4 aliphatic carbocycles. The number of carbonyl (C=O) groups is 1. The van der Waals surface area contributed by atoms with E-state index in [4.69, 9.17) is 5.73 Å². The topological polar surface area (TPSA) is 46.3 Å². The first-order valence-corrected chi connectivity index (χ1v) is 7.23. The van der Waals surface area contributed by atoms with E-state index in [0.29, 0.717) is 0 Å². The molecule has 1 saturated heterocycles. The van der Waals surface area contributed by atoms with Gasteiger partial charge in [-0.2, -0.15) is 0 Å². The lowest BCUT2D eigenvalue weighted by Gasteiger charge is -2.59. The van der Waals surface area contributed by atoms with Gasteiger partial charge in [0.2, 0.25) is 5.91 Å². The van der Waals surface area contributed by atoms with E-state index in [2.05, 4.69) is 4.90 Å². The lowest BCUT2D eigenvalue weighted by Crippen LogP contribution is -2.61. The summed E-state index contributed by atoms with van der Waals surface area (Å²) >= 11 is 0. The van der Waals surface area contributed by atoms with Crippen LogP contribution in [0.5, 0.6) is 0 Å². The highest BCUT2D eigenvalue weighted by atomic mass is 16.2. The molecule has 1 aliphatic heterocycles. The van der Waals surface area contributed by atoms with Gasteiger partial charge in [0.25, 0.3) is 0 Å². The number of nitrogens with zero attached hydrogens (tertiary/aromatic N) is 1. The van der Waals surface area contributed by atoms with Crippen molar-refractivity contribution in [1.82, 2.24) is 4.90 Å². The predicted molar refractivity (Wildman–Crippen MR) is 65.2 cm³/mol. The van der Waals surface area contributed by atoms with Crippen molar-refractivity contribution in [2.75, 3.05) is 6.54 Å². The Bertz CT molecular complexity index is 330. The molecule has 0 aromatic heterocycles. The molecule has 5 rings (SSSR count). The van der Waals surface area contributed by atoms with Crippen molar-refractivity contribution in [2.45, 2.75) is 56.5 Å². The van der Waals surface area contributed by atoms with Crippen LogP contribution in [0.15, 0.2) is 0 Å². The summed E-state index contributed by atoms with van der Waals surface area (Å²) in [5.74, 6) is 2.97. The molecule has 0 spiro atoms. The number of likely N-dealkylation sites (tertiary alicyclic amines) is 1. The van der Waals surface area contributed by atoms with Crippen molar-refractivity contribution in [2.24, 2.45) is 23.5 Å². The number of hydrogen-bond donors (Lipinski definition) is 1. The van der Waals surface area contributed by atoms with E-state index in [1.165, 1.54) is 38.5 Å². The molecular formula is C14H22N2O. The maximum atomic E-state index is 12.2. The summed E-state index contributed by atoms with van der Waals surface area (Å²) in [5.41, 5.74) is 6.13. The van der Waals surface area contributed by atoms with Crippen molar-refractivity contribution >= 4 is 5.91 Å². The molecule has 2 N–H and O–H groups in total. The van der Waals surface area contributed by atoms with Crippen LogP contribution >= 0.6 is 0 Å². The van der Waals surface area contributed by atoms with Gasteiger partial charge in [-0.25, -0.2) is 0 Å². The van der Waals surface area contributed by atoms with Gasteiger partial charge in [-0.3, -0.25) is 4.79 Å². The van der Waals surface area contributed by atoms with E-state index in [1.54, 1.807) is 0 Å². The number of hydrogen-bond acceptors (Lipinski definition) is 2. The van der Waals surface area contributed by atoms with Crippen LogP contribution in [0.3, 0.4) is 0 Å². The van der Waals surface area contributed by atoms with Crippen molar-refractivity contribution in [1.29, 1.82) is 0 Å². The molecule has 1 unspecified atom stereocenters. The lowest BCUT2D eigenvalue weighted by atomic mass is 9.52. The summed E-state index contributed by atoms with van der Waals surface area (Å²) in [4.78, 5) is 14.4. The zero-order valence-corrected chi connectivity index (χ0v) is 10.4. The van der Waals surface area contributed by atoms with E-state index in [1.807, 2.05) is 0 Å². The molecule has 5 fully saturated rings. The molecule has 3 heteroatoms. The average Bonchev–Trinajstić information content (AvgIpc) is 2.58. The SMILES string of the molecule is NC1CCN(C23CC4CC(CC(C4)C2)C3)C1=O. The largest absolute Gasteiger partial charge is 0.336 e. The Kier molecular flexibility index (Phi) is 1.98. The van der Waals surface area contributed by atoms with Gasteiger partial charge >= 0.3 is 0 Å². The Balaban J connectivity index is 1.66. The summed E-state index contributed by atoms with van der Waals surface area (Å²) in [7, 11) is 0. The van der Waals surface area contributed by atoms with E-state index in [9.17, 15) is 4.79 Å². The molecule has 4 bridgehead atoms. The fourth-order valence-corrected chi connectivity index (χ4v) is 5.57. The number of amides is 1. The molecule has 3 nitrogen and oxygen atoms in total. The number of rotatable bonds is 1. The highest BCUT2D eigenvalue weighted by molar-refractivity contribution is 5.84.